The molecule has 2 atom stereocenters. The number of carbonyl (C=O) groups is 2. The lowest BCUT2D eigenvalue weighted by molar-refractivity contribution is -0.138. The van der Waals surface area contributed by atoms with Crippen LogP contribution in [0.25, 0.3) is 0 Å². The largest absolute Gasteiger partial charge is 0.339 e. The molecule has 1 aliphatic carbocycles. The first-order valence-corrected chi connectivity index (χ1v) is 9.69. The number of thiophene rings is 1. The zero-order chi connectivity index (χ0) is 16.0. The number of rotatable bonds is 2. The van der Waals surface area contributed by atoms with E-state index in [-0.39, 0.29) is 23.8 Å². The fraction of sp³-hybridized carbons (Fsp3) is 0.667. The number of carbonyl (C=O) groups excluding carboxylic acids is 2. The molecular formula is C18H24N2O2S. The first kappa shape index (κ1) is 15.2. The van der Waals surface area contributed by atoms with Gasteiger partial charge in [0, 0.05) is 30.4 Å². The van der Waals surface area contributed by atoms with Gasteiger partial charge >= 0.3 is 0 Å². The monoisotopic (exact) mass is 332 g/mol. The lowest BCUT2D eigenvalue weighted by Crippen LogP contribution is -2.43. The zero-order valence-corrected chi connectivity index (χ0v) is 14.5. The van der Waals surface area contributed by atoms with Crippen molar-refractivity contribution in [1.29, 1.82) is 0 Å². The molecule has 1 aromatic rings. The molecule has 2 aliphatic heterocycles. The second kappa shape index (κ2) is 5.93. The van der Waals surface area contributed by atoms with E-state index in [4.69, 9.17) is 0 Å². The maximum Gasteiger partial charge on any atom is 0.228 e. The highest BCUT2D eigenvalue weighted by Gasteiger charge is 2.41. The van der Waals surface area contributed by atoms with Crippen molar-refractivity contribution in [3.63, 3.8) is 0 Å². The van der Waals surface area contributed by atoms with Crippen molar-refractivity contribution in [3.8, 4) is 0 Å². The molecule has 0 radical (unpaired) electrons. The van der Waals surface area contributed by atoms with Crippen LogP contribution >= 0.6 is 11.3 Å². The molecule has 3 heterocycles. The molecule has 2 fully saturated rings. The lowest BCUT2D eigenvalue weighted by atomic mass is 9.98. The summed E-state index contributed by atoms with van der Waals surface area (Å²) in [5, 5.41) is 2.12. The van der Waals surface area contributed by atoms with Gasteiger partial charge in [0.15, 0.2) is 0 Å². The maximum absolute atomic E-state index is 13.0. The minimum absolute atomic E-state index is 0.134. The van der Waals surface area contributed by atoms with Gasteiger partial charge < -0.3 is 9.80 Å². The highest BCUT2D eigenvalue weighted by Crippen LogP contribution is 2.36. The fourth-order valence-corrected chi connectivity index (χ4v) is 5.47. The van der Waals surface area contributed by atoms with Gasteiger partial charge in [-0.15, -0.1) is 11.3 Å². The molecule has 1 saturated carbocycles. The number of amides is 2. The van der Waals surface area contributed by atoms with Crippen LogP contribution in [0.15, 0.2) is 11.4 Å². The van der Waals surface area contributed by atoms with E-state index in [2.05, 4.69) is 18.4 Å². The Morgan fingerprint density at radius 2 is 2.09 bits per heavy atom. The van der Waals surface area contributed by atoms with Crippen LogP contribution in [-0.4, -0.2) is 40.7 Å². The van der Waals surface area contributed by atoms with Crippen LogP contribution in [0, 0.1) is 5.92 Å². The first-order chi connectivity index (χ1) is 11.1. The number of likely N-dealkylation sites (tertiary alicyclic amines) is 1. The zero-order valence-electron chi connectivity index (χ0n) is 13.7. The van der Waals surface area contributed by atoms with Gasteiger partial charge in [-0.25, -0.2) is 0 Å². The third-order valence-electron chi connectivity index (χ3n) is 5.83. The second-order valence-electron chi connectivity index (χ2n) is 7.14. The van der Waals surface area contributed by atoms with Crippen LogP contribution in [0.1, 0.15) is 55.5 Å². The Hall–Kier alpha value is -1.36. The average molecular weight is 332 g/mol. The lowest BCUT2D eigenvalue weighted by Gasteiger charge is -2.35. The highest BCUT2D eigenvalue weighted by molar-refractivity contribution is 7.10. The second-order valence-corrected chi connectivity index (χ2v) is 8.14. The van der Waals surface area contributed by atoms with E-state index in [9.17, 15) is 9.59 Å². The number of fused-ring (bicyclic) bond motifs is 1. The smallest absolute Gasteiger partial charge is 0.228 e. The molecule has 23 heavy (non-hydrogen) atoms. The number of hydrogen-bond acceptors (Lipinski definition) is 3. The SMILES string of the molecule is C[C@H]1c2ccsc2CCN1C(=O)[C@H]1CC(=O)N(C2CCCC2)C1. The molecule has 2 amide bonds. The Bertz CT molecular complexity index is 620. The van der Waals surface area contributed by atoms with E-state index in [1.807, 2.05) is 9.80 Å². The van der Waals surface area contributed by atoms with E-state index < -0.39 is 0 Å². The predicted octanol–water partition coefficient (Wildman–Crippen LogP) is 2.98. The summed E-state index contributed by atoms with van der Waals surface area (Å²) in [6, 6.07) is 2.69. The van der Waals surface area contributed by atoms with Crippen LogP contribution in [0.4, 0.5) is 0 Å². The summed E-state index contributed by atoms with van der Waals surface area (Å²) in [6.45, 7) is 3.55. The van der Waals surface area contributed by atoms with Gasteiger partial charge in [-0.2, -0.15) is 0 Å². The van der Waals surface area contributed by atoms with Gasteiger partial charge in [-0.3, -0.25) is 9.59 Å². The van der Waals surface area contributed by atoms with Crippen molar-refractivity contribution in [3.05, 3.63) is 21.9 Å². The van der Waals surface area contributed by atoms with Crippen molar-refractivity contribution < 1.29 is 9.59 Å². The Morgan fingerprint density at radius 1 is 1.30 bits per heavy atom. The normalized spacial score (nSPS) is 28.5. The third kappa shape index (κ3) is 2.59. The summed E-state index contributed by atoms with van der Waals surface area (Å²) in [4.78, 5) is 30.8. The van der Waals surface area contributed by atoms with Crippen LogP contribution in [-0.2, 0) is 16.0 Å². The third-order valence-corrected chi connectivity index (χ3v) is 6.83. The molecular weight excluding hydrogens is 308 g/mol. The molecule has 0 N–H and O–H groups in total. The Kier molecular flexibility index (Phi) is 3.92. The molecule has 4 nitrogen and oxygen atoms in total. The van der Waals surface area contributed by atoms with Crippen LogP contribution < -0.4 is 0 Å². The molecule has 5 heteroatoms. The van der Waals surface area contributed by atoms with Gasteiger partial charge in [-0.1, -0.05) is 12.8 Å². The topological polar surface area (TPSA) is 40.6 Å². The number of hydrogen-bond donors (Lipinski definition) is 0. The van der Waals surface area contributed by atoms with E-state index in [0.29, 0.717) is 19.0 Å². The number of nitrogens with zero attached hydrogens (tertiary/aromatic N) is 2. The van der Waals surface area contributed by atoms with Gasteiger partial charge in [0.25, 0.3) is 0 Å². The molecule has 3 aliphatic rings. The van der Waals surface area contributed by atoms with Crippen LogP contribution in [0.2, 0.25) is 0 Å². The highest BCUT2D eigenvalue weighted by atomic mass is 32.1. The first-order valence-electron chi connectivity index (χ1n) is 8.81. The standard InChI is InChI=1S/C18H24N2O2S/c1-12-15-7-9-23-16(15)6-8-19(12)18(22)13-10-17(21)20(11-13)14-4-2-3-5-14/h7,9,12-14H,2-6,8,10-11H2,1H3/t12-,13-/m0/s1. The predicted molar refractivity (Wildman–Crippen MR) is 90.2 cm³/mol. The molecule has 4 rings (SSSR count). The molecule has 0 bridgehead atoms. The quantitative estimate of drug-likeness (QED) is 0.835. The van der Waals surface area contributed by atoms with Crippen molar-refractivity contribution in [2.45, 2.75) is 57.5 Å². The average Bonchev–Trinajstić information content (AvgIpc) is 3.27. The molecule has 1 saturated heterocycles. The van der Waals surface area contributed by atoms with E-state index >= 15 is 0 Å². The molecule has 0 unspecified atom stereocenters. The van der Waals surface area contributed by atoms with Gasteiger partial charge in [0.2, 0.25) is 11.8 Å². The van der Waals surface area contributed by atoms with Crippen LogP contribution in [0.5, 0.6) is 0 Å². The van der Waals surface area contributed by atoms with Crippen molar-refractivity contribution >= 4 is 23.2 Å². The Morgan fingerprint density at radius 3 is 2.87 bits per heavy atom. The minimum atomic E-state index is -0.134. The Balaban J connectivity index is 1.46. The summed E-state index contributed by atoms with van der Waals surface area (Å²) in [7, 11) is 0. The molecule has 0 spiro atoms. The van der Waals surface area contributed by atoms with Gasteiger partial charge in [0.1, 0.15) is 0 Å². The van der Waals surface area contributed by atoms with Gasteiger partial charge in [0.05, 0.1) is 12.0 Å². The fourth-order valence-electron chi connectivity index (χ4n) is 4.51. The molecule has 124 valence electrons. The molecule has 1 aromatic heterocycles. The van der Waals surface area contributed by atoms with Crippen molar-refractivity contribution in [1.82, 2.24) is 9.80 Å². The summed E-state index contributed by atoms with van der Waals surface area (Å²) in [6.07, 6.45) is 6.04. The van der Waals surface area contributed by atoms with Crippen molar-refractivity contribution in [2.24, 2.45) is 5.92 Å². The Labute approximate surface area is 141 Å². The van der Waals surface area contributed by atoms with Gasteiger partial charge in [-0.05, 0) is 43.2 Å². The van der Waals surface area contributed by atoms with Crippen molar-refractivity contribution in [2.75, 3.05) is 13.1 Å². The summed E-state index contributed by atoms with van der Waals surface area (Å²) >= 11 is 1.79. The summed E-state index contributed by atoms with van der Waals surface area (Å²) in [5.41, 5.74) is 1.30. The van der Waals surface area contributed by atoms with E-state index in [0.717, 1.165) is 25.8 Å². The van der Waals surface area contributed by atoms with E-state index in [1.54, 1.807) is 11.3 Å². The summed E-state index contributed by atoms with van der Waals surface area (Å²) < 4.78 is 0. The van der Waals surface area contributed by atoms with Crippen LogP contribution in [0.3, 0.4) is 0 Å². The maximum atomic E-state index is 13.0. The molecule has 0 aromatic carbocycles. The minimum Gasteiger partial charge on any atom is -0.339 e. The van der Waals surface area contributed by atoms with E-state index in [1.165, 1.54) is 23.3 Å². The summed E-state index contributed by atoms with van der Waals surface area (Å²) in [5.74, 6) is 0.241.